The number of halogens is 1. The number of fused-ring (bicyclic) bond motifs is 1. The van der Waals surface area contributed by atoms with Crippen LogP contribution in [-0.2, 0) is 34.0 Å². The number of hydrogen-bond donors (Lipinski definition) is 1. The summed E-state index contributed by atoms with van der Waals surface area (Å²) in [5.41, 5.74) is 2.59. The molecule has 1 aliphatic rings. The Balaban J connectivity index is 1.32. The van der Waals surface area contributed by atoms with E-state index in [-0.39, 0.29) is 37.5 Å². The van der Waals surface area contributed by atoms with Crippen molar-refractivity contribution in [1.29, 1.82) is 0 Å². The predicted molar refractivity (Wildman–Crippen MR) is 160 cm³/mol. The normalized spacial score (nSPS) is 13.6. The molecule has 9 nitrogen and oxygen atoms in total. The molecule has 5 rings (SSSR count). The van der Waals surface area contributed by atoms with Gasteiger partial charge < -0.3 is 24.1 Å². The number of carbonyl (C=O) groups excluding carboxylic acids is 2. The second-order valence-corrected chi connectivity index (χ2v) is 10.4. The van der Waals surface area contributed by atoms with Crippen LogP contribution in [0.25, 0.3) is 10.9 Å². The van der Waals surface area contributed by atoms with Crippen molar-refractivity contribution in [2.24, 2.45) is 0 Å². The summed E-state index contributed by atoms with van der Waals surface area (Å²) in [7, 11) is 0. The fourth-order valence-electron chi connectivity index (χ4n) is 4.72. The van der Waals surface area contributed by atoms with Crippen LogP contribution in [0, 0.1) is 0 Å². The number of ether oxygens (including phenoxy) is 3. The number of nitrogens with zero attached hydrogens (tertiary/aromatic N) is 2. The molecule has 4 aromatic rings. The van der Waals surface area contributed by atoms with Gasteiger partial charge in [-0.3, -0.25) is 14.5 Å². The lowest BCUT2D eigenvalue weighted by atomic mass is 10.1. The number of rotatable bonds is 11. The Bertz CT molecular complexity index is 1580. The van der Waals surface area contributed by atoms with Crippen LogP contribution in [0.1, 0.15) is 31.8 Å². The Morgan fingerprint density at radius 1 is 0.929 bits per heavy atom. The van der Waals surface area contributed by atoms with E-state index >= 15 is 0 Å². The molecule has 1 aromatic heterocycles. The molecule has 1 N–H and O–H groups in total. The van der Waals surface area contributed by atoms with Gasteiger partial charge in [0.15, 0.2) is 0 Å². The number of esters is 1. The van der Waals surface area contributed by atoms with Crippen LogP contribution in [-0.4, -0.2) is 60.9 Å². The number of pyridine rings is 1. The summed E-state index contributed by atoms with van der Waals surface area (Å²) in [6.45, 7) is 4.16. The highest BCUT2D eigenvalue weighted by Gasteiger charge is 2.18. The third kappa shape index (κ3) is 7.63. The molecule has 1 amide bonds. The van der Waals surface area contributed by atoms with Crippen LogP contribution >= 0.6 is 11.6 Å². The molecule has 0 spiro atoms. The zero-order chi connectivity index (χ0) is 29.3. The van der Waals surface area contributed by atoms with E-state index in [0.717, 1.165) is 24.2 Å². The summed E-state index contributed by atoms with van der Waals surface area (Å²) in [5, 5.41) is 3.87. The van der Waals surface area contributed by atoms with E-state index in [0.29, 0.717) is 41.2 Å². The highest BCUT2D eigenvalue weighted by Crippen LogP contribution is 2.17. The minimum atomic E-state index is -0.485. The predicted octanol–water partition coefficient (Wildman–Crippen LogP) is 4.25. The summed E-state index contributed by atoms with van der Waals surface area (Å²) in [4.78, 5) is 41.3. The van der Waals surface area contributed by atoms with Gasteiger partial charge in [0, 0.05) is 42.8 Å². The summed E-state index contributed by atoms with van der Waals surface area (Å²) < 4.78 is 18.3. The lowest BCUT2D eigenvalue weighted by molar-refractivity contribution is 0.0181. The van der Waals surface area contributed by atoms with Crippen LogP contribution in [0.15, 0.2) is 83.8 Å². The van der Waals surface area contributed by atoms with Crippen molar-refractivity contribution >= 4 is 34.4 Å². The van der Waals surface area contributed by atoms with Crippen molar-refractivity contribution in [3.63, 3.8) is 0 Å². The standard InChI is InChI=1S/C32H32ClN3O6/c33-26-9-6-23(7-10-26)19-34-31(38)28-21-36(22-41-16-17-42-32(39)25-4-2-1-3-5-25)29-11-8-24(18-27(29)30(28)37)20-35-12-14-40-15-13-35/h1-11,18,21H,12-17,19-20,22H2,(H,34,38). The van der Waals surface area contributed by atoms with E-state index < -0.39 is 11.9 Å². The molecule has 1 aliphatic heterocycles. The molecule has 42 heavy (non-hydrogen) atoms. The first-order valence-electron chi connectivity index (χ1n) is 13.8. The SMILES string of the molecule is O=C(OCCOCn1cc(C(=O)NCc2ccc(Cl)cc2)c(=O)c2cc(CN3CCOCC3)ccc21)c1ccccc1. The quantitative estimate of drug-likeness (QED) is 0.206. The van der Waals surface area contributed by atoms with Gasteiger partial charge in [0.2, 0.25) is 5.43 Å². The molecule has 3 aromatic carbocycles. The van der Waals surface area contributed by atoms with Gasteiger partial charge in [-0.15, -0.1) is 0 Å². The Labute approximate surface area is 248 Å². The van der Waals surface area contributed by atoms with Crippen LogP contribution in [0.2, 0.25) is 5.02 Å². The number of benzene rings is 3. The molecule has 0 saturated carbocycles. The molecule has 1 fully saturated rings. The van der Waals surface area contributed by atoms with Crippen molar-refractivity contribution in [3.05, 3.63) is 116 Å². The fraction of sp³-hybridized carbons (Fsp3) is 0.281. The molecule has 0 bridgehead atoms. The zero-order valence-corrected chi connectivity index (χ0v) is 23.8. The zero-order valence-electron chi connectivity index (χ0n) is 23.1. The summed E-state index contributed by atoms with van der Waals surface area (Å²) in [6.07, 6.45) is 1.51. The summed E-state index contributed by atoms with van der Waals surface area (Å²) in [5.74, 6) is -0.915. The second kappa shape index (κ2) is 14.2. The molecular formula is C32H32ClN3O6. The number of morpholine rings is 1. The van der Waals surface area contributed by atoms with Crippen LogP contribution < -0.4 is 10.7 Å². The number of aromatic nitrogens is 1. The molecule has 218 valence electrons. The smallest absolute Gasteiger partial charge is 0.338 e. The lowest BCUT2D eigenvalue weighted by Crippen LogP contribution is -2.35. The van der Waals surface area contributed by atoms with E-state index in [4.69, 9.17) is 25.8 Å². The largest absolute Gasteiger partial charge is 0.460 e. The highest BCUT2D eigenvalue weighted by molar-refractivity contribution is 6.30. The number of carbonyl (C=O) groups is 2. The Hall–Kier alpha value is -4.02. The maximum Gasteiger partial charge on any atom is 0.338 e. The van der Waals surface area contributed by atoms with E-state index in [1.165, 1.54) is 6.20 Å². The summed E-state index contributed by atoms with van der Waals surface area (Å²) in [6, 6.07) is 21.6. The van der Waals surface area contributed by atoms with Gasteiger partial charge in [0.05, 0.1) is 30.9 Å². The molecule has 0 unspecified atom stereocenters. The minimum Gasteiger partial charge on any atom is -0.460 e. The summed E-state index contributed by atoms with van der Waals surface area (Å²) >= 11 is 5.97. The maximum absolute atomic E-state index is 13.6. The Morgan fingerprint density at radius 2 is 1.67 bits per heavy atom. The first kappa shape index (κ1) is 29.5. The van der Waals surface area contributed by atoms with Crippen LogP contribution in [0.4, 0.5) is 0 Å². The molecular weight excluding hydrogens is 558 g/mol. The van der Waals surface area contributed by atoms with Crippen molar-refractivity contribution < 1.29 is 23.8 Å². The number of amides is 1. The Kier molecular flexibility index (Phi) is 9.99. The molecule has 10 heteroatoms. The van der Waals surface area contributed by atoms with Crippen molar-refractivity contribution in [2.75, 3.05) is 39.5 Å². The van der Waals surface area contributed by atoms with E-state index in [1.54, 1.807) is 41.0 Å². The fourth-order valence-corrected chi connectivity index (χ4v) is 4.85. The van der Waals surface area contributed by atoms with Gasteiger partial charge in [-0.05, 0) is 47.5 Å². The van der Waals surface area contributed by atoms with E-state index in [9.17, 15) is 14.4 Å². The lowest BCUT2D eigenvalue weighted by Gasteiger charge is -2.26. The third-order valence-corrected chi connectivity index (χ3v) is 7.22. The van der Waals surface area contributed by atoms with Gasteiger partial charge in [-0.1, -0.05) is 48.0 Å². The first-order valence-corrected chi connectivity index (χ1v) is 14.1. The van der Waals surface area contributed by atoms with E-state index in [1.807, 2.05) is 36.4 Å². The molecule has 0 atom stereocenters. The van der Waals surface area contributed by atoms with Gasteiger partial charge in [0.1, 0.15) is 18.9 Å². The number of hydrogen-bond acceptors (Lipinski definition) is 7. The molecule has 0 radical (unpaired) electrons. The molecule has 1 saturated heterocycles. The first-order chi connectivity index (χ1) is 20.5. The average molecular weight is 590 g/mol. The van der Waals surface area contributed by atoms with Gasteiger partial charge in [-0.2, -0.15) is 0 Å². The van der Waals surface area contributed by atoms with Gasteiger partial charge >= 0.3 is 5.97 Å². The maximum atomic E-state index is 13.6. The van der Waals surface area contributed by atoms with Gasteiger partial charge in [-0.25, -0.2) is 4.79 Å². The van der Waals surface area contributed by atoms with Crippen molar-refractivity contribution in [3.8, 4) is 0 Å². The van der Waals surface area contributed by atoms with Crippen LogP contribution in [0.5, 0.6) is 0 Å². The number of nitrogens with one attached hydrogen (secondary N) is 1. The van der Waals surface area contributed by atoms with Crippen molar-refractivity contribution in [1.82, 2.24) is 14.8 Å². The second-order valence-electron chi connectivity index (χ2n) is 9.93. The monoisotopic (exact) mass is 589 g/mol. The topological polar surface area (TPSA) is 99.1 Å². The minimum absolute atomic E-state index is 0.0130. The van der Waals surface area contributed by atoms with Gasteiger partial charge in [0.25, 0.3) is 5.91 Å². The highest BCUT2D eigenvalue weighted by atomic mass is 35.5. The van der Waals surface area contributed by atoms with E-state index in [2.05, 4.69) is 10.2 Å². The van der Waals surface area contributed by atoms with Crippen molar-refractivity contribution in [2.45, 2.75) is 19.8 Å². The Morgan fingerprint density at radius 3 is 2.43 bits per heavy atom. The average Bonchev–Trinajstić information content (AvgIpc) is 3.02. The molecule has 0 aliphatic carbocycles. The third-order valence-electron chi connectivity index (χ3n) is 6.97. The van der Waals surface area contributed by atoms with Crippen LogP contribution in [0.3, 0.4) is 0 Å². The molecule has 2 heterocycles.